The first-order valence-corrected chi connectivity index (χ1v) is 6.41. The summed E-state index contributed by atoms with van der Waals surface area (Å²) in [6.07, 6.45) is 3.13. The molecule has 0 radical (unpaired) electrons. The van der Waals surface area contributed by atoms with Crippen molar-refractivity contribution >= 4 is 44.0 Å². The molecule has 0 atom stereocenters. The van der Waals surface area contributed by atoms with E-state index in [9.17, 15) is 0 Å². The lowest BCUT2D eigenvalue weighted by atomic mass is 10.1. The maximum absolute atomic E-state index is 5.91. The quantitative estimate of drug-likeness (QED) is 0.743. The van der Waals surface area contributed by atoms with Crippen LogP contribution < -0.4 is 4.90 Å². The fourth-order valence-electron chi connectivity index (χ4n) is 1.99. The van der Waals surface area contributed by atoms with Crippen LogP contribution in [0, 0.1) is 0 Å². The Balaban J connectivity index is 2.25. The molecule has 2 heterocycles. The molecular weight excluding hydrogens is 288 g/mol. The van der Waals surface area contributed by atoms with Crippen molar-refractivity contribution in [1.82, 2.24) is 4.98 Å². The molecule has 16 heavy (non-hydrogen) atoms. The second kappa shape index (κ2) is 3.90. The van der Waals surface area contributed by atoms with Gasteiger partial charge in [-0.25, -0.2) is 4.98 Å². The van der Waals surface area contributed by atoms with Crippen LogP contribution in [0.4, 0.5) is 5.69 Å². The van der Waals surface area contributed by atoms with E-state index in [0.29, 0.717) is 5.15 Å². The molecule has 1 aliphatic rings. The molecule has 82 valence electrons. The molecule has 1 fully saturated rings. The van der Waals surface area contributed by atoms with Crippen molar-refractivity contribution in [2.45, 2.75) is 6.42 Å². The van der Waals surface area contributed by atoms with Crippen LogP contribution in [-0.2, 0) is 0 Å². The SMILES string of the molecule is Clc1cc2cc(Br)cc(N3CCC3)c2cn1. The van der Waals surface area contributed by atoms with Crippen LogP contribution in [0.25, 0.3) is 10.8 Å². The minimum absolute atomic E-state index is 0.542. The number of nitrogens with zero attached hydrogens (tertiary/aromatic N) is 2. The van der Waals surface area contributed by atoms with E-state index in [0.717, 1.165) is 22.9 Å². The maximum Gasteiger partial charge on any atom is 0.129 e. The van der Waals surface area contributed by atoms with Gasteiger partial charge in [0, 0.05) is 34.8 Å². The lowest BCUT2D eigenvalue weighted by molar-refractivity contribution is 0.619. The van der Waals surface area contributed by atoms with Gasteiger partial charge in [0.05, 0.1) is 0 Å². The van der Waals surface area contributed by atoms with Crippen molar-refractivity contribution in [3.05, 3.63) is 34.0 Å². The van der Waals surface area contributed by atoms with Gasteiger partial charge in [0.2, 0.25) is 0 Å². The van der Waals surface area contributed by atoms with Crippen molar-refractivity contribution in [2.24, 2.45) is 0 Å². The van der Waals surface area contributed by atoms with Crippen LogP contribution in [0.2, 0.25) is 5.15 Å². The predicted molar refractivity (Wildman–Crippen MR) is 71.3 cm³/mol. The van der Waals surface area contributed by atoms with Crippen LogP contribution in [0.3, 0.4) is 0 Å². The topological polar surface area (TPSA) is 16.1 Å². The summed E-state index contributed by atoms with van der Waals surface area (Å²) in [6.45, 7) is 2.27. The molecule has 0 amide bonds. The number of hydrogen-bond donors (Lipinski definition) is 0. The van der Waals surface area contributed by atoms with E-state index in [1.165, 1.54) is 17.5 Å². The molecule has 1 aromatic heterocycles. The Morgan fingerprint density at radius 2 is 2.06 bits per heavy atom. The second-order valence-electron chi connectivity index (χ2n) is 3.99. The monoisotopic (exact) mass is 296 g/mol. The first-order valence-electron chi connectivity index (χ1n) is 5.24. The van der Waals surface area contributed by atoms with Crippen molar-refractivity contribution < 1.29 is 0 Å². The van der Waals surface area contributed by atoms with Gasteiger partial charge < -0.3 is 4.90 Å². The Bertz CT molecular complexity index is 547. The summed E-state index contributed by atoms with van der Waals surface area (Å²) in [4.78, 5) is 6.53. The third-order valence-electron chi connectivity index (χ3n) is 2.94. The van der Waals surface area contributed by atoms with Gasteiger partial charge >= 0.3 is 0 Å². The number of pyridine rings is 1. The van der Waals surface area contributed by atoms with Crippen molar-refractivity contribution in [3.63, 3.8) is 0 Å². The third-order valence-corrected chi connectivity index (χ3v) is 3.61. The normalized spacial score (nSPS) is 15.2. The minimum atomic E-state index is 0.542. The number of benzene rings is 1. The van der Waals surface area contributed by atoms with E-state index in [1.54, 1.807) is 0 Å². The van der Waals surface area contributed by atoms with Crippen molar-refractivity contribution in [3.8, 4) is 0 Å². The van der Waals surface area contributed by atoms with E-state index in [1.807, 2.05) is 12.3 Å². The van der Waals surface area contributed by atoms with E-state index >= 15 is 0 Å². The third kappa shape index (κ3) is 1.68. The zero-order chi connectivity index (χ0) is 11.1. The molecule has 0 N–H and O–H groups in total. The van der Waals surface area contributed by atoms with E-state index in [-0.39, 0.29) is 0 Å². The van der Waals surface area contributed by atoms with Gasteiger partial charge in [0.25, 0.3) is 0 Å². The highest BCUT2D eigenvalue weighted by Crippen LogP contribution is 2.33. The molecule has 0 aliphatic carbocycles. The average Bonchev–Trinajstić information content (AvgIpc) is 2.13. The Hall–Kier alpha value is -0.800. The zero-order valence-corrected chi connectivity index (χ0v) is 10.9. The molecule has 2 nitrogen and oxygen atoms in total. The number of halogens is 2. The molecule has 3 rings (SSSR count). The molecule has 1 saturated heterocycles. The molecule has 4 heteroatoms. The highest BCUT2D eigenvalue weighted by atomic mass is 79.9. The number of rotatable bonds is 1. The van der Waals surface area contributed by atoms with Gasteiger partial charge in [-0.2, -0.15) is 0 Å². The Morgan fingerprint density at radius 1 is 1.25 bits per heavy atom. The van der Waals surface area contributed by atoms with Gasteiger partial charge in [0.15, 0.2) is 0 Å². The molecule has 2 aromatic rings. The van der Waals surface area contributed by atoms with E-state index < -0.39 is 0 Å². The average molecular weight is 298 g/mol. The standard InChI is InChI=1S/C12H10BrClN2/c13-9-4-8-5-12(14)15-7-10(8)11(6-9)16-2-1-3-16/h4-7H,1-3H2. The van der Waals surface area contributed by atoms with Crippen molar-refractivity contribution in [2.75, 3.05) is 18.0 Å². The molecule has 1 aliphatic heterocycles. The Morgan fingerprint density at radius 3 is 2.75 bits per heavy atom. The molecule has 1 aromatic carbocycles. The first kappa shape index (κ1) is 10.4. The summed E-state index contributed by atoms with van der Waals surface area (Å²) in [5, 5.41) is 2.85. The van der Waals surface area contributed by atoms with Gasteiger partial charge in [-0.3, -0.25) is 0 Å². The highest BCUT2D eigenvalue weighted by molar-refractivity contribution is 9.10. The number of fused-ring (bicyclic) bond motifs is 1. The van der Waals surface area contributed by atoms with E-state index in [2.05, 4.69) is 37.9 Å². The number of anilines is 1. The largest absolute Gasteiger partial charge is 0.371 e. The summed E-state index contributed by atoms with van der Waals surface area (Å²) in [6, 6.07) is 6.13. The number of aromatic nitrogens is 1. The van der Waals surface area contributed by atoms with Crippen LogP contribution in [0.15, 0.2) is 28.9 Å². The number of hydrogen-bond acceptors (Lipinski definition) is 2. The van der Waals surface area contributed by atoms with Crippen LogP contribution in [0.1, 0.15) is 6.42 Å². The molecular formula is C12H10BrClN2. The van der Waals surface area contributed by atoms with Crippen LogP contribution in [0.5, 0.6) is 0 Å². The lowest BCUT2D eigenvalue weighted by Gasteiger charge is -2.34. The van der Waals surface area contributed by atoms with E-state index in [4.69, 9.17) is 11.6 Å². The first-order chi connectivity index (χ1) is 7.74. The fourth-order valence-corrected chi connectivity index (χ4v) is 2.62. The lowest BCUT2D eigenvalue weighted by Crippen LogP contribution is -2.37. The molecule has 0 spiro atoms. The fraction of sp³-hybridized carbons (Fsp3) is 0.250. The van der Waals surface area contributed by atoms with Gasteiger partial charge in [0.1, 0.15) is 5.15 Å². The molecule has 0 saturated carbocycles. The van der Waals surface area contributed by atoms with Crippen LogP contribution >= 0.6 is 27.5 Å². The summed E-state index contributed by atoms with van der Waals surface area (Å²) in [5.41, 5.74) is 1.25. The van der Waals surface area contributed by atoms with Crippen LogP contribution in [-0.4, -0.2) is 18.1 Å². The van der Waals surface area contributed by atoms with Gasteiger partial charge in [-0.05, 0) is 30.0 Å². The van der Waals surface area contributed by atoms with Gasteiger partial charge in [-0.1, -0.05) is 27.5 Å². The highest BCUT2D eigenvalue weighted by Gasteiger charge is 2.17. The molecule has 0 bridgehead atoms. The smallest absolute Gasteiger partial charge is 0.129 e. The Labute approximate surface area is 107 Å². The maximum atomic E-state index is 5.91. The summed E-state index contributed by atoms with van der Waals surface area (Å²) >= 11 is 9.45. The van der Waals surface area contributed by atoms with Crippen molar-refractivity contribution in [1.29, 1.82) is 0 Å². The molecule has 0 unspecified atom stereocenters. The predicted octanol–water partition coefficient (Wildman–Crippen LogP) is 3.86. The van der Waals surface area contributed by atoms with Gasteiger partial charge in [-0.15, -0.1) is 0 Å². The zero-order valence-electron chi connectivity index (χ0n) is 8.58. The second-order valence-corrected chi connectivity index (χ2v) is 5.30. The minimum Gasteiger partial charge on any atom is -0.371 e. The Kier molecular flexibility index (Phi) is 2.52. The summed E-state index contributed by atoms with van der Waals surface area (Å²) in [5.74, 6) is 0. The summed E-state index contributed by atoms with van der Waals surface area (Å²) in [7, 11) is 0. The summed E-state index contributed by atoms with van der Waals surface area (Å²) < 4.78 is 1.09.